The van der Waals surface area contributed by atoms with E-state index in [0.29, 0.717) is 0 Å². The topological polar surface area (TPSA) is 48.7 Å². The molecule has 0 radical (unpaired) electrons. The standard InChI is InChI=1S/C88H56O4/c1-51(85-69-22-9-11-24-71(69)86(72-25-12-10-23-70(72)85)52(2)27-35-65-43-64-42-62-46-75-68-21-13-14-26-78(68)90-83(75)49-63(62)48-81(64)89-65)15-3-4-16-53-28-29-54-30-31-55(40-61(54)39-53)56-32-36-73-82(47-56)92-80-38-33-59-44-77-76-45-60(34-37-79(76)91-84(77)50-74(59)88(73)80)87-66-19-7-5-17-57(66)41-58-18-6-8-20-67(58)87/h3-15,17-42,44-50H,16,43H2,1-2H3/b4-3-,51-15+,52-27+,65-35+. The van der Waals surface area contributed by atoms with Crippen molar-refractivity contribution in [2.24, 2.45) is 0 Å². The number of hydrogen-bond acceptors (Lipinski definition) is 4. The van der Waals surface area contributed by atoms with Gasteiger partial charge in [-0.2, -0.15) is 0 Å². The molecule has 4 heterocycles. The van der Waals surface area contributed by atoms with Crippen molar-refractivity contribution in [3.8, 4) is 28.0 Å². The second-order valence-corrected chi connectivity index (χ2v) is 25.1. The summed E-state index contributed by atoms with van der Waals surface area (Å²) >= 11 is 0. The third kappa shape index (κ3) is 8.37. The lowest BCUT2D eigenvalue weighted by Crippen LogP contribution is -1.94. The minimum absolute atomic E-state index is 0.741. The van der Waals surface area contributed by atoms with Crippen molar-refractivity contribution >= 4 is 152 Å². The molecule has 4 heteroatoms. The number of benzene rings is 15. The second kappa shape index (κ2) is 20.4. The summed E-state index contributed by atoms with van der Waals surface area (Å²) in [7, 11) is 0. The SMILES string of the molecule is C/C(=C\C=C/Cc1ccc2ccc(-c3ccc4c(c3)oc3ccc5cc6c(cc5c34)oc3ccc(-c4c5ccccc5cc5ccccc45)cc36)cc2c1)c1c2ccccc2c(/C(C)=C/C=C2\Cc3cc4cc5c(cc4cc3O2)oc2ccccc25)c2ccccc12. The summed E-state index contributed by atoms with van der Waals surface area (Å²) in [6.45, 7) is 4.47. The van der Waals surface area contributed by atoms with Crippen LogP contribution in [-0.4, -0.2) is 0 Å². The first kappa shape index (κ1) is 52.2. The third-order valence-corrected chi connectivity index (χ3v) is 19.5. The van der Waals surface area contributed by atoms with Gasteiger partial charge in [-0.05, 0) is 237 Å². The van der Waals surface area contributed by atoms with Crippen LogP contribution in [0.25, 0.3) is 175 Å². The largest absolute Gasteiger partial charge is 0.461 e. The van der Waals surface area contributed by atoms with Gasteiger partial charge in [0.25, 0.3) is 0 Å². The highest BCUT2D eigenvalue weighted by Gasteiger charge is 2.22. The van der Waals surface area contributed by atoms with E-state index >= 15 is 0 Å². The molecule has 92 heavy (non-hydrogen) atoms. The van der Waals surface area contributed by atoms with Gasteiger partial charge in [0.2, 0.25) is 0 Å². The normalized spacial score (nSPS) is 13.7. The Labute approximate surface area is 529 Å². The average molecular weight is 1180 g/mol. The Morgan fingerprint density at radius 2 is 0.891 bits per heavy atom. The smallest absolute Gasteiger partial charge is 0.136 e. The molecule has 432 valence electrons. The van der Waals surface area contributed by atoms with Crippen molar-refractivity contribution in [2.45, 2.75) is 26.7 Å². The summed E-state index contributed by atoms with van der Waals surface area (Å²) in [6, 6.07) is 90.2. The molecule has 0 saturated heterocycles. The van der Waals surface area contributed by atoms with E-state index < -0.39 is 0 Å². The van der Waals surface area contributed by atoms with Crippen LogP contribution < -0.4 is 4.74 Å². The van der Waals surface area contributed by atoms with E-state index in [2.05, 4.69) is 281 Å². The highest BCUT2D eigenvalue weighted by molar-refractivity contribution is 6.24. The molecule has 4 nitrogen and oxygen atoms in total. The number of hydrogen-bond donors (Lipinski definition) is 0. The Kier molecular flexibility index (Phi) is 11.6. The molecule has 0 atom stereocenters. The Bertz CT molecular complexity index is 6260. The first-order valence-electron chi connectivity index (χ1n) is 31.8. The van der Waals surface area contributed by atoms with Crippen LogP contribution in [-0.2, 0) is 12.8 Å². The average Bonchev–Trinajstić information content (AvgIpc) is 1.06. The van der Waals surface area contributed by atoms with E-state index in [1.165, 1.54) is 104 Å². The Hall–Kier alpha value is -11.7. The number of fused-ring (bicyclic) bond motifs is 18. The molecule has 19 rings (SSSR count). The van der Waals surface area contributed by atoms with Gasteiger partial charge in [0.15, 0.2) is 0 Å². The number of rotatable bonds is 8. The van der Waals surface area contributed by atoms with E-state index in [4.69, 9.17) is 18.0 Å². The van der Waals surface area contributed by atoms with Crippen molar-refractivity contribution in [1.82, 2.24) is 0 Å². The van der Waals surface area contributed by atoms with Crippen LogP contribution in [0.4, 0.5) is 0 Å². The third-order valence-electron chi connectivity index (χ3n) is 19.5. The van der Waals surface area contributed by atoms with E-state index in [9.17, 15) is 0 Å². The number of para-hydroxylation sites is 1. The van der Waals surface area contributed by atoms with Gasteiger partial charge < -0.3 is 18.0 Å². The van der Waals surface area contributed by atoms with Crippen molar-refractivity contribution < 1.29 is 18.0 Å². The zero-order valence-corrected chi connectivity index (χ0v) is 50.6. The fourth-order valence-corrected chi connectivity index (χ4v) is 15.1. The lowest BCUT2D eigenvalue weighted by Gasteiger charge is -2.18. The molecule has 3 aromatic heterocycles. The van der Waals surface area contributed by atoms with E-state index in [-0.39, 0.29) is 0 Å². The molecule has 0 unspecified atom stereocenters. The van der Waals surface area contributed by atoms with Gasteiger partial charge in [-0.1, -0.05) is 188 Å². The molecule has 0 spiro atoms. The maximum absolute atomic E-state index is 6.69. The van der Waals surface area contributed by atoms with Gasteiger partial charge in [-0.25, -0.2) is 0 Å². The van der Waals surface area contributed by atoms with Gasteiger partial charge >= 0.3 is 0 Å². The monoisotopic (exact) mass is 1180 g/mol. The van der Waals surface area contributed by atoms with Crippen LogP contribution in [0.15, 0.2) is 298 Å². The molecule has 0 saturated carbocycles. The molecular weight excluding hydrogens is 1120 g/mol. The fourth-order valence-electron chi connectivity index (χ4n) is 15.1. The van der Waals surface area contributed by atoms with Gasteiger partial charge in [0.05, 0.1) is 0 Å². The predicted molar refractivity (Wildman–Crippen MR) is 387 cm³/mol. The summed E-state index contributed by atoms with van der Waals surface area (Å²) < 4.78 is 26.1. The van der Waals surface area contributed by atoms with Gasteiger partial charge in [0, 0.05) is 44.3 Å². The van der Waals surface area contributed by atoms with Crippen LogP contribution in [0, 0.1) is 0 Å². The maximum atomic E-state index is 6.69. The molecule has 0 fully saturated rings. The van der Waals surface area contributed by atoms with Gasteiger partial charge in [0.1, 0.15) is 45.0 Å². The molecule has 1 aliphatic heterocycles. The first-order valence-corrected chi connectivity index (χ1v) is 31.8. The summed E-state index contributed by atoms with van der Waals surface area (Å²) in [5.41, 5.74) is 17.3. The summed E-state index contributed by atoms with van der Waals surface area (Å²) in [6.07, 6.45) is 12.7. The Morgan fingerprint density at radius 3 is 1.66 bits per heavy atom. The van der Waals surface area contributed by atoms with Crippen molar-refractivity contribution in [1.29, 1.82) is 0 Å². The lowest BCUT2D eigenvalue weighted by atomic mass is 9.86. The number of ether oxygens (including phenoxy) is 1. The quantitative estimate of drug-likeness (QED) is 0.112. The highest BCUT2D eigenvalue weighted by Crippen LogP contribution is 2.46. The number of allylic oxidation sites excluding steroid dienone is 8. The summed E-state index contributed by atoms with van der Waals surface area (Å²) in [5.74, 6) is 1.85. The van der Waals surface area contributed by atoms with E-state index in [0.717, 1.165) is 117 Å². The van der Waals surface area contributed by atoms with Crippen molar-refractivity contribution in [3.05, 3.63) is 307 Å². The first-order chi connectivity index (χ1) is 45.3. The molecule has 0 aliphatic carbocycles. The van der Waals surface area contributed by atoms with Gasteiger partial charge in [-0.15, -0.1) is 0 Å². The minimum Gasteiger partial charge on any atom is -0.461 e. The lowest BCUT2D eigenvalue weighted by molar-refractivity contribution is 0.447. The van der Waals surface area contributed by atoms with Crippen LogP contribution in [0.3, 0.4) is 0 Å². The molecule has 1 aliphatic rings. The Morgan fingerprint density at radius 1 is 0.348 bits per heavy atom. The fraction of sp³-hybridized carbons (Fsp3) is 0.0455. The summed E-state index contributed by atoms with van der Waals surface area (Å²) in [4.78, 5) is 0. The second-order valence-electron chi connectivity index (χ2n) is 25.1. The van der Waals surface area contributed by atoms with Crippen molar-refractivity contribution in [3.63, 3.8) is 0 Å². The summed E-state index contributed by atoms with van der Waals surface area (Å²) in [5, 5.41) is 23.6. The molecule has 15 aromatic carbocycles. The molecule has 18 aromatic rings. The molecule has 0 amide bonds. The predicted octanol–water partition coefficient (Wildman–Crippen LogP) is 24.9. The van der Waals surface area contributed by atoms with Crippen molar-refractivity contribution in [2.75, 3.05) is 0 Å². The van der Waals surface area contributed by atoms with Crippen LogP contribution in [0.5, 0.6) is 5.75 Å². The van der Waals surface area contributed by atoms with Crippen LogP contribution in [0.2, 0.25) is 0 Å². The molecule has 0 N–H and O–H groups in total. The highest BCUT2D eigenvalue weighted by atomic mass is 16.5. The molecule has 0 bridgehead atoms. The van der Waals surface area contributed by atoms with Crippen LogP contribution in [0.1, 0.15) is 36.1 Å². The van der Waals surface area contributed by atoms with E-state index in [1.807, 2.05) is 12.1 Å². The minimum atomic E-state index is 0.741. The Balaban J connectivity index is 0.585. The zero-order valence-electron chi connectivity index (χ0n) is 50.6. The maximum Gasteiger partial charge on any atom is 0.136 e. The molecular formula is C88H56O4. The zero-order chi connectivity index (χ0) is 60.7. The number of furan rings is 3. The van der Waals surface area contributed by atoms with Crippen LogP contribution >= 0.6 is 0 Å². The van der Waals surface area contributed by atoms with E-state index in [1.54, 1.807) is 0 Å². The van der Waals surface area contributed by atoms with Gasteiger partial charge in [-0.3, -0.25) is 0 Å².